The van der Waals surface area contributed by atoms with Crippen molar-refractivity contribution in [3.63, 3.8) is 0 Å². The van der Waals surface area contributed by atoms with E-state index in [2.05, 4.69) is 9.97 Å². The van der Waals surface area contributed by atoms with Gasteiger partial charge in [0.2, 0.25) is 0 Å². The van der Waals surface area contributed by atoms with Crippen LogP contribution >= 0.6 is 11.3 Å². The van der Waals surface area contributed by atoms with Crippen molar-refractivity contribution in [1.29, 1.82) is 0 Å². The molecule has 0 aliphatic heterocycles. The van der Waals surface area contributed by atoms with Crippen LogP contribution in [-0.2, 0) is 15.6 Å². The molecule has 0 aliphatic carbocycles. The third-order valence-corrected chi connectivity index (χ3v) is 6.92. The molecule has 28 heavy (non-hydrogen) atoms. The number of hydrogen-bond donors (Lipinski definition) is 0. The molecule has 0 saturated carbocycles. The molecule has 2 aromatic heterocycles. The predicted octanol–water partition coefficient (Wildman–Crippen LogP) is 4.48. The highest BCUT2D eigenvalue weighted by atomic mass is 32.2. The number of pyridine rings is 1. The van der Waals surface area contributed by atoms with E-state index in [4.69, 9.17) is 4.74 Å². The molecule has 2 aromatic carbocycles. The van der Waals surface area contributed by atoms with Crippen molar-refractivity contribution in [3.8, 4) is 17.0 Å². The molecule has 0 atom stereocenters. The maximum absolute atomic E-state index is 14.5. The van der Waals surface area contributed by atoms with Gasteiger partial charge in [0.05, 0.1) is 23.9 Å². The average molecular weight is 414 g/mol. The summed E-state index contributed by atoms with van der Waals surface area (Å²) >= 11 is 1.27. The molecule has 0 spiro atoms. The van der Waals surface area contributed by atoms with E-state index in [-0.39, 0.29) is 16.0 Å². The third-order valence-electron chi connectivity index (χ3n) is 4.33. The van der Waals surface area contributed by atoms with Crippen LogP contribution in [0.1, 0.15) is 5.01 Å². The van der Waals surface area contributed by atoms with Gasteiger partial charge in [-0.2, -0.15) is 0 Å². The Labute approximate surface area is 165 Å². The molecule has 5 nitrogen and oxygen atoms in total. The molecule has 0 unspecified atom stereocenters. The van der Waals surface area contributed by atoms with Gasteiger partial charge >= 0.3 is 0 Å². The Morgan fingerprint density at radius 1 is 1.11 bits per heavy atom. The average Bonchev–Trinajstić information content (AvgIpc) is 3.20. The lowest BCUT2D eigenvalue weighted by Gasteiger charge is -2.12. The number of rotatable bonds is 5. The zero-order chi connectivity index (χ0) is 19.7. The standard InChI is InChI=1S/C20H15FN2O3S2/c1-26-18-5-3-2-4-15(18)20-14-7-6-13(10-16(14)17(21)11-23-20)28(24,25)12-19-22-8-9-27-19/h2-11H,12H2,1H3. The second-order valence-electron chi connectivity index (χ2n) is 6.05. The lowest BCUT2D eigenvalue weighted by molar-refractivity contribution is 0.416. The Morgan fingerprint density at radius 3 is 2.68 bits per heavy atom. The number of methoxy groups -OCH3 is 1. The quantitative estimate of drug-likeness (QED) is 0.482. The Kier molecular flexibility index (Phi) is 4.82. The number of para-hydroxylation sites is 1. The van der Waals surface area contributed by atoms with Crippen LogP contribution in [0.4, 0.5) is 4.39 Å². The highest BCUT2D eigenvalue weighted by Gasteiger charge is 2.20. The minimum Gasteiger partial charge on any atom is -0.496 e. The topological polar surface area (TPSA) is 69.2 Å². The van der Waals surface area contributed by atoms with E-state index in [1.807, 2.05) is 18.2 Å². The van der Waals surface area contributed by atoms with Crippen LogP contribution in [0.15, 0.2) is 65.1 Å². The zero-order valence-corrected chi connectivity index (χ0v) is 16.4. The van der Waals surface area contributed by atoms with E-state index in [9.17, 15) is 12.8 Å². The van der Waals surface area contributed by atoms with Gasteiger partial charge in [0.25, 0.3) is 0 Å². The number of fused-ring (bicyclic) bond motifs is 1. The summed E-state index contributed by atoms with van der Waals surface area (Å²) in [5.74, 6) is -0.203. The van der Waals surface area contributed by atoms with E-state index in [0.717, 1.165) is 6.20 Å². The first-order valence-corrected chi connectivity index (χ1v) is 10.9. The summed E-state index contributed by atoms with van der Waals surface area (Å²) < 4.78 is 45.3. The normalized spacial score (nSPS) is 11.6. The molecule has 4 aromatic rings. The van der Waals surface area contributed by atoms with E-state index in [0.29, 0.717) is 27.4 Å². The summed E-state index contributed by atoms with van der Waals surface area (Å²) in [5.41, 5.74) is 1.23. The number of ether oxygens (including phenoxy) is 1. The molecular formula is C20H15FN2O3S2. The van der Waals surface area contributed by atoms with E-state index in [1.54, 1.807) is 30.8 Å². The zero-order valence-electron chi connectivity index (χ0n) is 14.8. The van der Waals surface area contributed by atoms with Crippen LogP contribution in [0.3, 0.4) is 0 Å². The molecule has 142 valence electrons. The van der Waals surface area contributed by atoms with Gasteiger partial charge in [-0.05, 0) is 24.3 Å². The summed E-state index contributed by atoms with van der Waals surface area (Å²) in [5, 5.41) is 2.91. The summed E-state index contributed by atoms with van der Waals surface area (Å²) in [6.45, 7) is 0. The second-order valence-corrected chi connectivity index (χ2v) is 9.02. The van der Waals surface area contributed by atoms with Gasteiger partial charge in [-0.15, -0.1) is 11.3 Å². The Balaban J connectivity index is 1.86. The van der Waals surface area contributed by atoms with Crippen molar-refractivity contribution in [2.75, 3.05) is 7.11 Å². The van der Waals surface area contributed by atoms with Crippen LogP contribution < -0.4 is 4.74 Å². The lowest BCUT2D eigenvalue weighted by atomic mass is 10.0. The van der Waals surface area contributed by atoms with Crippen molar-refractivity contribution < 1.29 is 17.5 Å². The first-order valence-electron chi connectivity index (χ1n) is 8.32. The predicted molar refractivity (Wildman–Crippen MR) is 107 cm³/mol. The summed E-state index contributed by atoms with van der Waals surface area (Å²) in [4.78, 5) is 8.29. The van der Waals surface area contributed by atoms with Gasteiger partial charge in [0.15, 0.2) is 9.84 Å². The maximum atomic E-state index is 14.5. The van der Waals surface area contributed by atoms with Crippen LogP contribution in [0.2, 0.25) is 0 Å². The number of aromatic nitrogens is 2. The van der Waals surface area contributed by atoms with Gasteiger partial charge in [0.1, 0.15) is 22.3 Å². The molecule has 0 fully saturated rings. The SMILES string of the molecule is COc1ccccc1-c1ncc(F)c2cc(S(=O)(=O)Cc3nccs3)ccc12. The summed E-state index contributed by atoms with van der Waals surface area (Å²) in [6.07, 6.45) is 2.65. The molecule has 4 rings (SSSR count). The van der Waals surface area contributed by atoms with Crippen LogP contribution in [0, 0.1) is 5.82 Å². The molecule has 0 radical (unpaired) electrons. The number of sulfone groups is 1. The van der Waals surface area contributed by atoms with E-state index in [1.165, 1.54) is 23.5 Å². The van der Waals surface area contributed by atoms with E-state index >= 15 is 0 Å². The fraction of sp³-hybridized carbons (Fsp3) is 0.100. The molecule has 0 bridgehead atoms. The maximum Gasteiger partial charge on any atom is 0.184 e. The minimum absolute atomic E-state index is 0.0475. The largest absolute Gasteiger partial charge is 0.496 e. The van der Waals surface area contributed by atoms with Gasteiger partial charge < -0.3 is 4.74 Å². The Hall–Kier alpha value is -2.84. The Bertz CT molecular complexity index is 1260. The van der Waals surface area contributed by atoms with Gasteiger partial charge in [-0.25, -0.2) is 17.8 Å². The number of nitrogens with zero attached hydrogens (tertiary/aromatic N) is 2. The third kappa shape index (κ3) is 3.36. The monoisotopic (exact) mass is 414 g/mol. The molecular weight excluding hydrogens is 399 g/mol. The van der Waals surface area contributed by atoms with Crippen molar-refractivity contribution in [3.05, 3.63) is 71.1 Å². The van der Waals surface area contributed by atoms with Crippen molar-refractivity contribution in [2.45, 2.75) is 10.6 Å². The number of thiazole rings is 1. The van der Waals surface area contributed by atoms with Gasteiger partial charge in [-0.3, -0.25) is 4.98 Å². The van der Waals surface area contributed by atoms with Crippen LogP contribution in [-0.4, -0.2) is 25.5 Å². The van der Waals surface area contributed by atoms with Gasteiger partial charge in [0, 0.05) is 27.9 Å². The minimum atomic E-state index is -3.65. The molecule has 0 aliphatic rings. The first kappa shape index (κ1) is 18.5. The highest BCUT2D eigenvalue weighted by Crippen LogP contribution is 2.35. The lowest BCUT2D eigenvalue weighted by Crippen LogP contribution is -2.05. The molecule has 0 saturated heterocycles. The smallest absolute Gasteiger partial charge is 0.184 e. The number of benzene rings is 2. The molecule has 0 N–H and O–H groups in total. The summed E-state index contributed by atoms with van der Waals surface area (Å²) in [7, 11) is -2.10. The highest BCUT2D eigenvalue weighted by molar-refractivity contribution is 7.90. The van der Waals surface area contributed by atoms with Crippen LogP contribution in [0.5, 0.6) is 5.75 Å². The number of halogens is 1. The van der Waals surface area contributed by atoms with Gasteiger partial charge in [-0.1, -0.05) is 18.2 Å². The Morgan fingerprint density at radius 2 is 1.93 bits per heavy atom. The molecule has 0 amide bonds. The molecule has 8 heteroatoms. The van der Waals surface area contributed by atoms with E-state index < -0.39 is 15.7 Å². The number of hydrogen-bond acceptors (Lipinski definition) is 6. The van der Waals surface area contributed by atoms with Crippen molar-refractivity contribution >= 4 is 31.9 Å². The van der Waals surface area contributed by atoms with Crippen molar-refractivity contribution in [1.82, 2.24) is 9.97 Å². The fourth-order valence-corrected chi connectivity index (χ4v) is 5.28. The fourth-order valence-electron chi connectivity index (χ4n) is 3.01. The van der Waals surface area contributed by atoms with Crippen molar-refractivity contribution in [2.24, 2.45) is 0 Å². The summed E-state index contributed by atoms with van der Waals surface area (Å²) in [6, 6.07) is 11.7. The second kappa shape index (κ2) is 7.29. The first-order chi connectivity index (χ1) is 13.5. The van der Waals surface area contributed by atoms with Crippen LogP contribution in [0.25, 0.3) is 22.0 Å². The molecule has 2 heterocycles.